The van der Waals surface area contributed by atoms with E-state index < -0.39 is 27.2 Å². The predicted octanol–water partition coefficient (Wildman–Crippen LogP) is 3.65. The molecule has 1 aromatic carbocycles. The molecule has 1 aromatic heterocycles. The molecular weight excluding hydrogens is 465 g/mol. The molecule has 2 amide bonds. The Morgan fingerprint density at radius 2 is 1.82 bits per heavy atom. The molecule has 0 saturated carbocycles. The molecule has 1 saturated heterocycles. The molecule has 34 heavy (non-hydrogen) atoms. The standard InChI is InChI=1S/C23H28FN3O6S/c1-23(2,3)33-22(29)27-11-9-15(10-12-27)32-16-5-7-20(25-14-16)21(28)26-19-8-6-17(13-18(19)24)34(4,30)31/h5-8,13-15H,9-12H2,1-4H3,(H,26,28). The number of anilines is 1. The second-order valence-electron chi connectivity index (χ2n) is 9.03. The number of amides is 2. The highest BCUT2D eigenvalue weighted by molar-refractivity contribution is 7.90. The molecule has 2 heterocycles. The summed E-state index contributed by atoms with van der Waals surface area (Å²) >= 11 is 0. The fourth-order valence-electron chi connectivity index (χ4n) is 3.27. The van der Waals surface area contributed by atoms with Crippen molar-refractivity contribution in [2.24, 2.45) is 0 Å². The molecule has 0 bridgehead atoms. The van der Waals surface area contributed by atoms with Crippen LogP contribution in [0.4, 0.5) is 14.9 Å². The van der Waals surface area contributed by atoms with Gasteiger partial charge in [-0.1, -0.05) is 0 Å². The van der Waals surface area contributed by atoms with Gasteiger partial charge in [0.05, 0.1) is 16.8 Å². The lowest BCUT2D eigenvalue weighted by Gasteiger charge is -2.33. The summed E-state index contributed by atoms with van der Waals surface area (Å²) < 4.78 is 48.5. The number of nitrogens with zero attached hydrogens (tertiary/aromatic N) is 2. The minimum Gasteiger partial charge on any atom is -0.489 e. The SMILES string of the molecule is CC(C)(C)OC(=O)N1CCC(Oc2ccc(C(=O)Nc3ccc(S(C)(=O)=O)cc3F)nc2)CC1. The fourth-order valence-corrected chi connectivity index (χ4v) is 3.91. The molecule has 0 unspecified atom stereocenters. The zero-order chi connectivity index (χ0) is 25.1. The van der Waals surface area contributed by atoms with E-state index >= 15 is 0 Å². The Morgan fingerprint density at radius 3 is 2.35 bits per heavy atom. The zero-order valence-corrected chi connectivity index (χ0v) is 20.3. The maximum absolute atomic E-state index is 14.2. The number of likely N-dealkylation sites (tertiary alicyclic amines) is 1. The first kappa shape index (κ1) is 25.4. The third-order valence-corrected chi connectivity index (χ3v) is 6.09. The molecular formula is C23H28FN3O6S. The van der Waals surface area contributed by atoms with Crippen molar-refractivity contribution in [1.82, 2.24) is 9.88 Å². The van der Waals surface area contributed by atoms with Crippen LogP contribution in [0.2, 0.25) is 0 Å². The highest BCUT2D eigenvalue weighted by Gasteiger charge is 2.27. The van der Waals surface area contributed by atoms with E-state index in [0.717, 1.165) is 12.3 Å². The summed E-state index contributed by atoms with van der Waals surface area (Å²) in [5.74, 6) is -1.05. The van der Waals surface area contributed by atoms with Crippen molar-refractivity contribution in [3.63, 3.8) is 0 Å². The quantitative estimate of drug-likeness (QED) is 0.676. The fraction of sp³-hybridized carbons (Fsp3) is 0.435. The van der Waals surface area contributed by atoms with Gasteiger partial charge >= 0.3 is 6.09 Å². The lowest BCUT2D eigenvalue weighted by molar-refractivity contribution is 0.0126. The number of benzene rings is 1. The first-order chi connectivity index (χ1) is 15.8. The number of piperidine rings is 1. The van der Waals surface area contributed by atoms with Crippen LogP contribution in [-0.4, -0.2) is 61.4 Å². The number of carbonyl (C=O) groups is 2. The topological polar surface area (TPSA) is 115 Å². The monoisotopic (exact) mass is 493 g/mol. The van der Waals surface area contributed by atoms with Gasteiger partial charge in [0.15, 0.2) is 9.84 Å². The van der Waals surface area contributed by atoms with E-state index in [1.54, 1.807) is 11.0 Å². The summed E-state index contributed by atoms with van der Waals surface area (Å²) in [6.07, 6.45) is 3.18. The van der Waals surface area contributed by atoms with Crippen molar-refractivity contribution in [1.29, 1.82) is 0 Å². The first-order valence-electron chi connectivity index (χ1n) is 10.7. The van der Waals surface area contributed by atoms with E-state index in [1.165, 1.54) is 24.4 Å². The Balaban J connectivity index is 1.54. The molecule has 1 aliphatic heterocycles. The van der Waals surface area contributed by atoms with Gasteiger partial charge in [0.2, 0.25) is 0 Å². The van der Waals surface area contributed by atoms with Crippen molar-refractivity contribution in [2.75, 3.05) is 24.7 Å². The summed E-state index contributed by atoms with van der Waals surface area (Å²) in [5, 5.41) is 2.38. The van der Waals surface area contributed by atoms with Crippen molar-refractivity contribution in [3.05, 3.63) is 48.0 Å². The van der Waals surface area contributed by atoms with E-state index in [9.17, 15) is 22.4 Å². The molecule has 1 fully saturated rings. The second-order valence-corrected chi connectivity index (χ2v) is 11.0. The van der Waals surface area contributed by atoms with Crippen LogP contribution in [0.15, 0.2) is 41.4 Å². The largest absolute Gasteiger partial charge is 0.489 e. The van der Waals surface area contributed by atoms with Crippen LogP contribution in [0.1, 0.15) is 44.1 Å². The molecule has 1 aliphatic rings. The molecule has 11 heteroatoms. The van der Waals surface area contributed by atoms with Crippen molar-refractivity contribution in [3.8, 4) is 5.75 Å². The smallest absolute Gasteiger partial charge is 0.410 e. The number of halogens is 1. The van der Waals surface area contributed by atoms with Gasteiger partial charge in [0.1, 0.15) is 29.0 Å². The average Bonchev–Trinajstić information content (AvgIpc) is 2.74. The number of rotatable bonds is 5. The van der Waals surface area contributed by atoms with Crippen LogP contribution in [-0.2, 0) is 14.6 Å². The van der Waals surface area contributed by atoms with E-state index in [4.69, 9.17) is 9.47 Å². The summed E-state index contributed by atoms with van der Waals surface area (Å²) in [4.78, 5) is 30.1. The van der Waals surface area contributed by atoms with Gasteiger partial charge in [-0.2, -0.15) is 0 Å². The van der Waals surface area contributed by atoms with Crippen LogP contribution in [0, 0.1) is 5.82 Å². The normalized spacial score (nSPS) is 15.0. The van der Waals surface area contributed by atoms with Gasteiger partial charge in [-0.15, -0.1) is 0 Å². The Kier molecular flexibility index (Phi) is 7.44. The zero-order valence-electron chi connectivity index (χ0n) is 19.5. The predicted molar refractivity (Wildman–Crippen MR) is 123 cm³/mol. The molecule has 2 aromatic rings. The Bertz CT molecular complexity index is 1150. The lowest BCUT2D eigenvalue weighted by Crippen LogP contribution is -2.44. The molecule has 0 atom stereocenters. The van der Waals surface area contributed by atoms with Gasteiger partial charge in [-0.05, 0) is 51.1 Å². The van der Waals surface area contributed by atoms with Gasteiger partial charge in [0.25, 0.3) is 5.91 Å². The Morgan fingerprint density at radius 1 is 1.15 bits per heavy atom. The van der Waals surface area contributed by atoms with Crippen LogP contribution < -0.4 is 10.1 Å². The number of nitrogens with one attached hydrogen (secondary N) is 1. The third-order valence-electron chi connectivity index (χ3n) is 4.98. The number of aromatic nitrogens is 1. The number of sulfone groups is 1. The maximum atomic E-state index is 14.2. The molecule has 184 valence electrons. The lowest BCUT2D eigenvalue weighted by atomic mass is 10.1. The summed E-state index contributed by atoms with van der Waals surface area (Å²) in [7, 11) is -3.56. The van der Waals surface area contributed by atoms with Gasteiger partial charge < -0.3 is 19.7 Å². The summed E-state index contributed by atoms with van der Waals surface area (Å²) in [5.41, 5.74) is -0.662. The van der Waals surface area contributed by atoms with Gasteiger partial charge in [0, 0.05) is 32.2 Å². The summed E-state index contributed by atoms with van der Waals surface area (Å²) in [6, 6.07) is 6.29. The van der Waals surface area contributed by atoms with Crippen LogP contribution in [0.5, 0.6) is 5.75 Å². The second kappa shape index (κ2) is 9.96. The first-order valence-corrected chi connectivity index (χ1v) is 12.6. The van der Waals surface area contributed by atoms with Gasteiger partial charge in [-0.3, -0.25) is 4.79 Å². The Hall–Kier alpha value is -3.21. The van der Waals surface area contributed by atoms with Crippen LogP contribution in [0.3, 0.4) is 0 Å². The molecule has 1 N–H and O–H groups in total. The van der Waals surface area contributed by atoms with E-state index in [1.807, 2.05) is 20.8 Å². The van der Waals surface area contributed by atoms with E-state index in [-0.39, 0.29) is 28.5 Å². The minimum atomic E-state index is -3.56. The number of carbonyl (C=O) groups excluding carboxylic acids is 2. The molecule has 3 rings (SSSR count). The molecule has 0 radical (unpaired) electrons. The number of ether oxygens (including phenoxy) is 2. The minimum absolute atomic E-state index is 0.0404. The van der Waals surface area contributed by atoms with Crippen molar-refractivity contribution < 1.29 is 31.9 Å². The van der Waals surface area contributed by atoms with Crippen LogP contribution >= 0.6 is 0 Å². The number of hydrogen-bond acceptors (Lipinski definition) is 7. The van der Waals surface area contributed by atoms with E-state index in [2.05, 4.69) is 10.3 Å². The maximum Gasteiger partial charge on any atom is 0.410 e. The third kappa shape index (κ3) is 6.89. The van der Waals surface area contributed by atoms with Crippen molar-refractivity contribution >= 4 is 27.5 Å². The molecule has 0 spiro atoms. The Labute approximate surface area is 198 Å². The average molecular weight is 494 g/mol. The van der Waals surface area contributed by atoms with E-state index in [0.29, 0.717) is 31.7 Å². The van der Waals surface area contributed by atoms with Crippen LogP contribution in [0.25, 0.3) is 0 Å². The van der Waals surface area contributed by atoms with Gasteiger partial charge in [-0.25, -0.2) is 22.6 Å². The number of pyridine rings is 1. The highest BCUT2D eigenvalue weighted by Crippen LogP contribution is 2.22. The molecule has 9 nitrogen and oxygen atoms in total. The highest BCUT2D eigenvalue weighted by atomic mass is 32.2. The van der Waals surface area contributed by atoms with Crippen molar-refractivity contribution in [2.45, 2.75) is 50.2 Å². The molecule has 0 aliphatic carbocycles. The number of hydrogen-bond donors (Lipinski definition) is 1. The summed E-state index contributed by atoms with van der Waals surface area (Å²) in [6.45, 7) is 6.49.